The maximum atomic E-state index is 14.6. The molecule has 3 N–H and O–H groups in total. The van der Waals surface area contributed by atoms with Crippen molar-refractivity contribution in [1.29, 1.82) is 0 Å². The van der Waals surface area contributed by atoms with Crippen molar-refractivity contribution in [3.63, 3.8) is 0 Å². The zero-order valence-corrected chi connectivity index (χ0v) is 17.2. The minimum Gasteiger partial charge on any atom is -0.384 e. The lowest BCUT2D eigenvalue weighted by Gasteiger charge is -2.46. The smallest absolute Gasteiger partial charge is 0.256 e. The Morgan fingerprint density at radius 2 is 1.91 bits per heavy atom. The maximum absolute atomic E-state index is 14.6. The van der Waals surface area contributed by atoms with E-state index >= 15 is 0 Å². The number of halogens is 3. The summed E-state index contributed by atoms with van der Waals surface area (Å²) in [6, 6.07) is 11.5. The fourth-order valence-electron chi connectivity index (χ4n) is 3.52. The summed E-state index contributed by atoms with van der Waals surface area (Å²) in [7, 11) is 0. The number of rotatable bonds is 6. The summed E-state index contributed by atoms with van der Waals surface area (Å²) in [5, 5.41) is 16.1. The van der Waals surface area contributed by atoms with E-state index in [9.17, 15) is 23.1 Å². The second kappa shape index (κ2) is 8.51. The van der Waals surface area contributed by atoms with Gasteiger partial charge in [-0.25, -0.2) is 18.2 Å². The molecule has 3 aromatic rings. The maximum Gasteiger partial charge on any atom is 0.256 e. The lowest BCUT2D eigenvalue weighted by atomic mass is 9.92. The molecule has 0 aliphatic carbocycles. The number of anilines is 3. The Balaban J connectivity index is 1.50. The van der Waals surface area contributed by atoms with E-state index in [-0.39, 0.29) is 30.9 Å². The minimum absolute atomic E-state index is 0.0109. The van der Waals surface area contributed by atoms with Crippen LogP contribution in [0, 0.1) is 24.4 Å². The summed E-state index contributed by atoms with van der Waals surface area (Å²) in [5.41, 5.74) is -1.25. The Morgan fingerprint density at radius 3 is 2.59 bits per heavy atom. The molecule has 1 fully saturated rings. The van der Waals surface area contributed by atoms with Crippen LogP contribution in [0.2, 0.25) is 0 Å². The van der Waals surface area contributed by atoms with Crippen LogP contribution in [0.5, 0.6) is 0 Å². The van der Waals surface area contributed by atoms with Crippen LogP contribution in [-0.4, -0.2) is 46.1 Å². The van der Waals surface area contributed by atoms with Gasteiger partial charge in [-0.2, -0.15) is 0 Å². The Kier molecular flexibility index (Phi) is 5.75. The summed E-state index contributed by atoms with van der Waals surface area (Å²) in [6.07, 6.45) is 1.61. The molecule has 9 heteroatoms. The van der Waals surface area contributed by atoms with Crippen molar-refractivity contribution in [2.24, 2.45) is 0 Å². The zero-order valence-electron chi connectivity index (χ0n) is 17.2. The van der Waals surface area contributed by atoms with E-state index in [1.165, 1.54) is 17.0 Å². The van der Waals surface area contributed by atoms with E-state index < -0.39 is 34.6 Å². The number of nitrogens with one attached hydrogen (secondary N) is 2. The van der Waals surface area contributed by atoms with Gasteiger partial charge >= 0.3 is 0 Å². The van der Waals surface area contributed by atoms with Crippen LogP contribution in [0.15, 0.2) is 54.7 Å². The van der Waals surface area contributed by atoms with Gasteiger partial charge < -0.3 is 20.6 Å². The minimum atomic E-state index is -1.29. The summed E-state index contributed by atoms with van der Waals surface area (Å²) < 4.78 is 42.7. The SMILES string of the molecule is Cc1ccc(Nc2c(C(=O)N3CC(O)(CNc4ccccn4)C3)ccc(F)c2F)c(F)c1. The number of aromatic nitrogens is 1. The summed E-state index contributed by atoms with van der Waals surface area (Å²) >= 11 is 0. The van der Waals surface area contributed by atoms with E-state index in [1.807, 2.05) is 0 Å². The number of likely N-dealkylation sites (tertiary alicyclic amines) is 1. The molecule has 4 rings (SSSR count). The average Bonchev–Trinajstić information content (AvgIpc) is 2.75. The highest BCUT2D eigenvalue weighted by Crippen LogP contribution is 2.31. The molecule has 0 unspecified atom stereocenters. The van der Waals surface area contributed by atoms with Gasteiger partial charge in [-0.1, -0.05) is 12.1 Å². The van der Waals surface area contributed by atoms with Crippen LogP contribution >= 0.6 is 0 Å². The third-order valence-corrected chi connectivity index (χ3v) is 5.23. The van der Waals surface area contributed by atoms with Crippen molar-refractivity contribution >= 4 is 23.1 Å². The molecule has 0 atom stereocenters. The molecular formula is C23H21F3N4O2. The van der Waals surface area contributed by atoms with Crippen molar-refractivity contribution in [2.75, 3.05) is 30.3 Å². The topological polar surface area (TPSA) is 77.5 Å². The molecule has 32 heavy (non-hydrogen) atoms. The fraction of sp³-hybridized carbons (Fsp3) is 0.217. The molecule has 166 valence electrons. The highest BCUT2D eigenvalue weighted by molar-refractivity contribution is 6.01. The van der Waals surface area contributed by atoms with Gasteiger partial charge in [0.15, 0.2) is 11.6 Å². The molecule has 2 heterocycles. The predicted octanol–water partition coefficient (Wildman–Crippen LogP) is 3.85. The molecule has 6 nitrogen and oxygen atoms in total. The molecule has 1 aromatic heterocycles. The number of β-amino-alcohol motifs (C(OH)–C–C–N with tert-alkyl or cyclic N) is 1. The van der Waals surface area contributed by atoms with Crippen LogP contribution in [0.3, 0.4) is 0 Å². The Bertz CT molecular complexity index is 1150. The normalized spacial score (nSPS) is 14.6. The molecular weight excluding hydrogens is 421 g/mol. The van der Waals surface area contributed by atoms with Crippen LogP contribution in [0.4, 0.5) is 30.4 Å². The number of nitrogens with zero attached hydrogens (tertiary/aromatic N) is 2. The first-order chi connectivity index (χ1) is 15.3. The first-order valence-corrected chi connectivity index (χ1v) is 9.93. The van der Waals surface area contributed by atoms with E-state index in [4.69, 9.17) is 0 Å². The second-order valence-corrected chi connectivity index (χ2v) is 7.85. The second-order valence-electron chi connectivity index (χ2n) is 7.85. The van der Waals surface area contributed by atoms with Crippen LogP contribution in [0.1, 0.15) is 15.9 Å². The largest absolute Gasteiger partial charge is 0.384 e. The number of amides is 1. The third-order valence-electron chi connectivity index (χ3n) is 5.23. The van der Waals surface area contributed by atoms with E-state index in [0.717, 1.165) is 12.1 Å². The quantitative estimate of drug-likeness (QED) is 0.541. The average molecular weight is 442 g/mol. The van der Waals surface area contributed by atoms with Gasteiger partial charge in [0, 0.05) is 12.7 Å². The van der Waals surface area contributed by atoms with Crippen molar-refractivity contribution in [3.8, 4) is 0 Å². The highest BCUT2D eigenvalue weighted by atomic mass is 19.2. The van der Waals surface area contributed by atoms with Crippen molar-refractivity contribution < 1.29 is 23.1 Å². The molecule has 1 aliphatic rings. The summed E-state index contributed by atoms with van der Waals surface area (Å²) in [6.45, 7) is 1.83. The zero-order chi connectivity index (χ0) is 22.9. The van der Waals surface area contributed by atoms with Crippen LogP contribution in [0.25, 0.3) is 0 Å². The molecule has 0 spiro atoms. The first-order valence-electron chi connectivity index (χ1n) is 9.93. The standard InChI is InChI=1S/C23H21F3N4O2/c1-14-5-8-18(17(25)10-14)29-21-15(6-7-16(24)20(21)26)22(31)30-12-23(32,13-30)11-28-19-4-2-3-9-27-19/h2-10,29,32H,11-13H2,1H3,(H,27,28). The monoisotopic (exact) mass is 442 g/mol. The van der Waals surface area contributed by atoms with Crippen molar-refractivity contribution in [2.45, 2.75) is 12.5 Å². The van der Waals surface area contributed by atoms with Gasteiger partial charge in [0.2, 0.25) is 0 Å². The number of aryl methyl sites for hydroxylation is 1. The fourth-order valence-corrected chi connectivity index (χ4v) is 3.52. The van der Waals surface area contributed by atoms with Gasteiger partial charge in [0.1, 0.15) is 17.2 Å². The molecule has 0 saturated carbocycles. The first kappa shape index (κ1) is 21.6. The number of aliphatic hydroxyl groups is 1. The van der Waals surface area contributed by atoms with Gasteiger partial charge in [-0.05, 0) is 48.9 Å². The predicted molar refractivity (Wildman–Crippen MR) is 114 cm³/mol. The number of benzene rings is 2. The van der Waals surface area contributed by atoms with Crippen LogP contribution < -0.4 is 10.6 Å². The van der Waals surface area contributed by atoms with Gasteiger partial charge in [0.25, 0.3) is 5.91 Å². The van der Waals surface area contributed by atoms with Crippen molar-refractivity contribution in [1.82, 2.24) is 9.88 Å². The summed E-state index contributed by atoms with van der Waals surface area (Å²) in [4.78, 5) is 18.4. The lowest BCUT2D eigenvalue weighted by Crippen LogP contribution is -2.66. The molecule has 0 radical (unpaired) electrons. The number of hydrogen-bond donors (Lipinski definition) is 3. The highest BCUT2D eigenvalue weighted by Gasteiger charge is 2.44. The van der Waals surface area contributed by atoms with Gasteiger partial charge in [-0.15, -0.1) is 0 Å². The van der Waals surface area contributed by atoms with E-state index in [0.29, 0.717) is 11.4 Å². The molecule has 1 aliphatic heterocycles. The Hall–Kier alpha value is -3.59. The molecule has 1 saturated heterocycles. The van der Waals surface area contributed by atoms with Gasteiger partial charge in [0.05, 0.1) is 30.0 Å². The molecule has 0 bridgehead atoms. The van der Waals surface area contributed by atoms with E-state index in [1.54, 1.807) is 37.4 Å². The summed E-state index contributed by atoms with van der Waals surface area (Å²) in [5.74, 6) is -3.15. The number of carbonyl (C=O) groups is 1. The third kappa shape index (κ3) is 4.38. The van der Waals surface area contributed by atoms with Crippen molar-refractivity contribution in [3.05, 3.63) is 83.3 Å². The van der Waals surface area contributed by atoms with E-state index in [2.05, 4.69) is 15.6 Å². The molecule has 2 aromatic carbocycles. The van der Waals surface area contributed by atoms with Gasteiger partial charge in [-0.3, -0.25) is 4.79 Å². The number of pyridine rings is 1. The Morgan fingerprint density at radius 1 is 1.12 bits per heavy atom. The number of hydrogen-bond acceptors (Lipinski definition) is 5. The van der Waals surface area contributed by atoms with Crippen LogP contribution in [-0.2, 0) is 0 Å². The number of carbonyl (C=O) groups excluding carboxylic acids is 1. The Labute approximate surface area is 182 Å². The molecule has 1 amide bonds. The lowest BCUT2D eigenvalue weighted by molar-refractivity contribution is -0.0707.